The lowest BCUT2D eigenvalue weighted by Crippen LogP contribution is -2.02. The molecule has 0 aromatic carbocycles. The van der Waals surface area contributed by atoms with E-state index < -0.39 is 7.82 Å². The Hall–Kier alpha value is 0.810. The largest absolute Gasteiger partial charge is 0.472 e. The van der Waals surface area contributed by atoms with Gasteiger partial charge in [-0.1, -0.05) is 78.1 Å². The van der Waals surface area contributed by atoms with E-state index in [-0.39, 0.29) is 13.2 Å². The highest BCUT2D eigenvalue weighted by Crippen LogP contribution is 2.43. The van der Waals surface area contributed by atoms with Crippen LogP contribution in [0.5, 0.6) is 0 Å². The third-order valence-corrected chi connectivity index (χ3v) is 7.33. The summed E-state index contributed by atoms with van der Waals surface area (Å²) in [5, 5.41) is 0. The molecule has 0 aromatic rings. The van der Waals surface area contributed by atoms with Gasteiger partial charge in [-0.25, -0.2) is 4.57 Å². The highest BCUT2D eigenvalue weighted by molar-refractivity contribution is 7.99. The molecule has 0 aliphatic carbocycles. The molecule has 0 rings (SSSR count). The van der Waals surface area contributed by atoms with Gasteiger partial charge in [-0.2, -0.15) is 23.5 Å². The number of phosphoric acid groups is 1. The van der Waals surface area contributed by atoms with Gasteiger partial charge in [0.25, 0.3) is 0 Å². The van der Waals surface area contributed by atoms with E-state index >= 15 is 0 Å². The third kappa shape index (κ3) is 23.0. The lowest BCUT2D eigenvalue weighted by atomic mass is 10.1. The molecular formula is C20H43O4PS2. The minimum absolute atomic E-state index is 0.277. The Balaban J connectivity index is 3.32. The van der Waals surface area contributed by atoms with Crippen molar-refractivity contribution in [1.82, 2.24) is 0 Å². The Morgan fingerprint density at radius 2 is 1.00 bits per heavy atom. The summed E-state index contributed by atoms with van der Waals surface area (Å²) in [5.41, 5.74) is 0. The lowest BCUT2D eigenvalue weighted by Gasteiger charge is -2.12. The first-order valence-corrected chi connectivity index (χ1v) is 14.7. The second kappa shape index (κ2) is 21.5. The summed E-state index contributed by atoms with van der Waals surface area (Å²) in [7, 11) is -3.87. The second-order valence-electron chi connectivity index (χ2n) is 6.90. The van der Waals surface area contributed by atoms with Crippen molar-refractivity contribution in [3.05, 3.63) is 0 Å². The van der Waals surface area contributed by atoms with Gasteiger partial charge in [-0.3, -0.25) is 9.05 Å². The molecule has 0 aliphatic rings. The molecule has 0 radical (unpaired) electrons. The van der Waals surface area contributed by atoms with E-state index in [0.29, 0.717) is 0 Å². The molecule has 0 saturated carbocycles. The average Bonchev–Trinajstić information content (AvgIpc) is 2.64. The van der Waals surface area contributed by atoms with Crippen molar-refractivity contribution in [2.75, 3.05) is 36.2 Å². The number of hydrogen-bond donors (Lipinski definition) is 1. The molecule has 0 fully saturated rings. The Bertz CT molecular complexity index is 318. The van der Waals surface area contributed by atoms with Crippen molar-refractivity contribution in [2.45, 2.75) is 90.9 Å². The second-order valence-corrected chi connectivity index (χ2v) is 10.8. The van der Waals surface area contributed by atoms with Crippen LogP contribution in [0.25, 0.3) is 0 Å². The Kier molecular flexibility index (Phi) is 22.2. The highest BCUT2D eigenvalue weighted by Gasteiger charge is 2.20. The topological polar surface area (TPSA) is 55.8 Å². The average molecular weight is 443 g/mol. The fourth-order valence-electron chi connectivity index (χ4n) is 2.63. The van der Waals surface area contributed by atoms with Crippen LogP contribution in [-0.4, -0.2) is 41.1 Å². The van der Waals surface area contributed by atoms with Crippen molar-refractivity contribution < 1.29 is 18.5 Å². The fraction of sp³-hybridized carbons (Fsp3) is 1.00. The third-order valence-electron chi connectivity index (χ3n) is 4.25. The summed E-state index contributed by atoms with van der Waals surface area (Å²) in [4.78, 5) is 9.65. The zero-order valence-corrected chi connectivity index (χ0v) is 20.2. The number of hydrogen-bond acceptors (Lipinski definition) is 5. The van der Waals surface area contributed by atoms with E-state index in [0.717, 1.165) is 23.0 Å². The molecule has 0 aromatic heterocycles. The van der Waals surface area contributed by atoms with Crippen LogP contribution in [0.4, 0.5) is 0 Å². The van der Waals surface area contributed by atoms with E-state index in [1.807, 2.05) is 0 Å². The van der Waals surface area contributed by atoms with E-state index in [1.54, 1.807) is 23.5 Å². The molecule has 1 N–H and O–H groups in total. The van der Waals surface area contributed by atoms with Gasteiger partial charge in [-0.05, 0) is 24.3 Å². The van der Waals surface area contributed by atoms with Gasteiger partial charge >= 0.3 is 7.82 Å². The number of unbranched alkanes of at least 4 members (excludes halogenated alkanes) is 10. The summed E-state index contributed by atoms with van der Waals surface area (Å²) in [6.07, 6.45) is 15.6. The lowest BCUT2D eigenvalue weighted by molar-refractivity contribution is 0.163. The van der Waals surface area contributed by atoms with E-state index in [1.165, 1.54) is 77.0 Å². The van der Waals surface area contributed by atoms with Gasteiger partial charge in [-0.15, -0.1) is 0 Å². The first-order chi connectivity index (χ1) is 13.1. The van der Waals surface area contributed by atoms with E-state index in [4.69, 9.17) is 9.05 Å². The molecule has 0 saturated heterocycles. The van der Waals surface area contributed by atoms with Gasteiger partial charge in [0.2, 0.25) is 0 Å². The summed E-state index contributed by atoms with van der Waals surface area (Å²) in [5.74, 6) is 3.69. The zero-order valence-electron chi connectivity index (χ0n) is 17.7. The van der Waals surface area contributed by atoms with Crippen molar-refractivity contribution in [3.8, 4) is 0 Å². The molecule has 0 aliphatic heterocycles. The minimum atomic E-state index is -3.87. The minimum Gasteiger partial charge on any atom is -0.302 e. The summed E-state index contributed by atoms with van der Waals surface area (Å²) >= 11 is 3.57. The number of thioether (sulfide) groups is 2. The maximum Gasteiger partial charge on any atom is 0.472 e. The normalized spacial score (nSPS) is 12.0. The molecule has 0 unspecified atom stereocenters. The van der Waals surface area contributed by atoms with Crippen LogP contribution in [0.15, 0.2) is 0 Å². The number of rotatable bonds is 22. The first-order valence-electron chi connectivity index (χ1n) is 10.9. The molecule has 7 heteroatoms. The number of phosphoric ester groups is 1. The van der Waals surface area contributed by atoms with Crippen LogP contribution < -0.4 is 0 Å². The summed E-state index contributed by atoms with van der Waals surface area (Å²) in [6, 6.07) is 0. The monoisotopic (exact) mass is 442 g/mol. The molecule has 0 atom stereocenters. The van der Waals surface area contributed by atoms with Crippen LogP contribution in [-0.2, 0) is 13.6 Å². The molecule has 27 heavy (non-hydrogen) atoms. The predicted octanol–water partition coefficient (Wildman–Crippen LogP) is 7.31. The molecule has 164 valence electrons. The Morgan fingerprint density at radius 3 is 1.41 bits per heavy atom. The van der Waals surface area contributed by atoms with E-state index in [2.05, 4.69) is 13.8 Å². The summed E-state index contributed by atoms with van der Waals surface area (Å²) in [6.45, 7) is 5.02. The maximum absolute atomic E-state index is 11.8. The van der Waals surface area contributed by atoms with Crippen molar-refractivity contribution in [2.24, 2.45) is 0 Å². The van der Waals surface area contributed by atoms with Gasteiger partial charge in [0.1, 0.15) is 0 Å². The SMILES string of the molecule is CCCCCCCCSCCOP(=O)(O)OCCSCCCCCCCC. The molecular weight excluding hydrogens is 399 g/mol. The van der Waals surface area contributed by atoms with Crippen LogP contribution in [0.3, 0.4) is 0 Å². The van der Waals surface area contributed by atoms with Crippen LogP contribution in [0.2, 0.25) is 0 Å². The predicted molar refractivity (Wildman–Crippen MR) is 123 cm³/mol. The molecule has 4 nitrogen and oxygen atoms in total. The summed E-state index contributed by atoms with van der Waals surface area (Å²) < 4.78 is 21.8. The molecule has 0 amide bonds. The molecule has 0 heterocycles. The van der Waals surface area contributed by atoms with Crippen LogP contribution >= 0.6 is 31.3 Å². The van der Waals surface area contributed by atoms with Crippen LogP contribution in [0.1, 0.15) is 90.9 Å². The Morgan fingerprint density at radius 1 is 0.630 bits per heavy atom. The van der Waals surface area contributed by atoms with E-state index in [9.17, 15) is 9.46 Å². The smallest absolute Gasteiger partial charge is 0.302 e. The van der Waals surface area contributed by atoms with Crippen molar-refractivity contribution in [1.29, 1.82) is 0 Å². The van der Waals surface area contributed by atoms with Gasteiger partial charge < -0.3 is 4.89 Å². The quantitative estimate of drug-likeness (QED) is 0.140. The fourth-order valence-corrected chi connectivity index (χ4v) is 5.23. The standard InChI is InChI=1S/C20H43O4PS2/c1-3-5-7-9-11-13-17-26-19-15-23-25(21,22)24-16-20-27-18-14-12-10-8-6-4-2/h3-20H2,1-2H3,(H,21,22). The highest BCUT2D eigenvalue weighted by atomic mass is 32.2. The molecule has 0 bridgehead atoms. The molecule has 0 spiro atoms. The van der Waals surface area contributed by atoms with Crippen molar-refractivity contribution >= 4 is 31.3 Å². The van der Waals surface area contributed by atoms with Crippen molar-refractivity contribution in [3.63, 3.8) is 0 Å². The van der Waals surface area contributed by atoms with Crippen LogP contribution in [0, 0.1) is 0 Å². The van der Waals surface area contributed by atoms with Gasteiger partial charge in [0.15, 0.2) is 0 Å². The first kappa shape index (κ1) is 27.8. The van der Waals surface area contributed by atoms with Gasteiger partial charge in [0, 0.05) is 11.5 Å². The Labute approximate surface area is 176 Å². The maximum atomic E-state index is 11.8. The zero-order chi connectivity index (χ0) is 20.1. The van der Waals surface area contributed by atoms with Gasteiger partial charge in [0.05, 0.1) is 13.2 Å².